The number of nitrogens with zero attached hydrogens (tertiary/aromatic N) is 4. The van der Waals surface area contributed by atoms with Crippen molar-refractivity contribution in [2.24, 2.45) is 0 Å². The van der Waals surface area contributed by atoms with E-state index in [1.54, 1.807) is 39.0 Å². The normalized spacial score (nSPS) is 14.7. The number of ether oxygens (including phenoxy) is 3. The van der Waals surface area contributed by atoms with Crippen LogP contribution in [0.1, 0.15) is 64.6 Å². The Labute approximate surface area is 234 Å². The first-order valence-corrected chi connectivity index (χ1v) is 13.2. The summed E-state index contributed by atoms with van der Waals surface area (Å²) >= 11 is 0. The van der Waals surface area contributed by atoms with Crippen molar-refractivity contribution >= 4 is 17.7 Å². The van der Waals surface area contributed by atoms with Crippen LogP contribution in [0.15, 0.2) is 40.9 Å². The van der Waals surface area contributed by atoms with Crippen molar-refractivity contribution < 1.29 is 28.3 Å². The lowest BCUT2D eigenvalue weighted by Gasteiger charge is -2.36. The quantitative estimate of drug-likeness (QED) is 0.243. The smallest absolute Gasteiger partial charge is 0.411 e. The third-order valence-corrected chi connectivity index (χ3v) is 6.36. The number of benzene rings is 2. The van der Waals surface area contributed by atoms with Gasteiger partial charge in [-0.2, -0.15) is 4.98 Å². The van der Waals surface area contributed by atoms with Gasteiger partial charge in [0.25, 0.3) is 5.89 Å². The van der Waals surface area contributed by atoms with E-state index in [0.717, 1.165) is 29.5 Å². The monoisotopic (exact) mass is 546 g/mol. The van der Waals surface area contributed by atoms with E-state index in [4.69, 9.17) is 25.3 Å². The summed E-state index contributed by atoms with van der Waals surface area (Å²) in [6.07, 6.45) is 1.55. The zero-order valence-corrected chi connectivity index (χ0v) is 23.7. The molecule has 1 amide bonds. The van der Waals surface area contributed by atoms with Gasteiger partial charge in [-0.1, -0.05) is 23.4 Å². The maximum atomic E-state index is 13.2. The lowest BCUT2D eigenvalue weighted by atomic mass is 9.84. The lowest BCUT2D eigenvalue weighted by Crippen LogP contribution is -2.43. The molecule has 0 aliphatic heterocycles. The molecule has 10 nitrogen and oxygen atoms in total. The summed E-state index contributed by atoms with van der Waals surface area (Å²) < 4.78 is 21.8. The number of amides is 1. The predicted molar refractivity (Wildman–Crippen MR) is 148 cm³/mol. The Balaban J connectivity index is 1.69. The van der Waals surface area contributed by atoms with Crippen LogP contribution in [-0.4, -0.2) is 52.5 Å². The van der Waals surface area contributed by atoms with Gasteiger partial charge < -0.3 is 18.7 Å². The van der Waals surface area contributed by atoms with E-state index >= 15 is 0 Å². The van der Waals surface area contributed by atoms with Gasteiger partial charge in [0.2, 0.25) is 11.5 Å². The zero-order chi connectivity index (χ0) is 29.0. The third kappa shape index (κ3) is 6.42. The fourth-order valence-electron chi connectivity index (χ4n) is 4.72. The van der Waals surface area contributed by atoms with Crippen LogP contribution < -0.4 is 4.74 Å². The van der Waals surface area contributed by atoms with E-state index in [1.165, 1.54) is 12.0 Å². The highest BCUT2D eigenvalue weighted by molar-refractivity contribution is 5.79. The second-order valence-corrected chi connectivity index (χ2v) is 10.8. The molecule has 0 fully saturated rings. The van der Waals surface area contributed by atoms with Crippen molar-refractivity contribution in [1.29, 1.82) is 0 Å². The van der Waals surface area contributed by atoms with Gasteiger partial charge in [-0.05, 0) is 83.2 Å². The lowest BCUT2D eigenvalue weighted by molar-refractivity contribution is -0.142. The zero-order valence-electron chi connectivity index (χ0n) is 23.7. The summed E-state index contributed by atoms with van der Waals surface area (Å²) in [5.41, 5.74) is 2.90. The molecule has 10 heteroatoms. The van der Waals surface area contributed by atoms with Gasteiger partial charge >= 0.3 is 12.1 Å². The van der Waals surface area contributed by atoms with Crippen molar-refractivity contribution in [1.82, 2.24) is 15.0 Å². The maximum Gasteiger partial charge on any atom is 0.411 e. The van der Waals surface area contributed by atoms with E-state index in [-0.39, 0.29) is 18.5 Å². The summed E-state index contributed by atoms with van der Waals surface area (Å²) in [6, 6.07) is 10.5. The Morgan fingerprint density at radius 2 is 2.00 bits per heavy atom. The van der Waals surface area contributed by atoms with Crippen LogP contribution in [0.3, 0.4) is 0 Å². The summed E-state index contributed by atoms with van der Waals surface area (Å²) in [6.45, 7) is 16.5. The number of carbonyl (C=O) groups excluding carboxylic acids is 2. The number of hydrogen-bond acceptors (Lipinski definition) is 8. The van der Waals surface area contributed by atoms with Gasteiger partial charge in [-0.3, -0.25) is 9.69 Å². The Morgan fingerprint density at radius 3 is 2.67 bits per heavy atom. The van der Waals surface area contributed by atoms with Crippen LogP contribution in [0.25, 0.3) is 27.7 Å². The fourth-order valence-corrected chi connectivity index (χ4v) is 4.72. The van der Waals surface area contributed by atoms with Gasteiger partial charge in [0.15, 0.2) is 0 Å². The molecule has 0 bridgehead atoms. The number of methoxy groups -OCH3 is 1. The summed E-state index contributed by atoms with van der Waals surface area (Å²) in [4.78, 5) is 35.1. The number of fused-ring (bicyclic) bond motifs is 1. The van der Waals surface area contributed by atoms with E-state index in [9.17, 15) is 9.59 Å². The summed E-state index contributed by atoms with van der Waals surface area (Å²) in [5, 5.41) is 4.24. The predicted octanol–water partition coefficient (Wildman–Crippen LogP) is 6.53. The van der Waals surface area contributed by atoms with Crippen LogP contribution >= 0.6 is 0 Å². The molecule has 0 saturated heterocycles. The molecule has 4 rings (SSSR count). The molecule has 1 heterocycles. The second kappa shape index (κ2) is 11.8. The first kappa shape index (κ1) is 28.6. The van der Waals surface area contributed by atoms with E-state index < -0.39 is 23.7 Å². The molecular formula is C30H34N4O6. The van der Waals surface area contributed by atoms with Gasteiger partial charge in [0.05, 0.1) is 25.8 Å². The van der Waals surface area contributed by atoms with Crippen molar-refractivity contribution in [3.05, 3.63) is 58.9 Å². The number of aromatic nitrogens is 2. The Bertz CT molecular complexity index is 1430. The average molecular weight is 547 g/mol. The average Bonchev–Trinajstić information content (AvgIpc) is 3.40. The van der Waals surface area contributed by atoms with Gasteiger partial charge in [0, 0.05) is 11.1 Å². The van der Waals surface area contributed by atoms with Gasteiger partial charge in [-0.15, -0.1) is 0 Å². The highest BCUT2D eigenvalue weighted by Crippen LogP contribution is 2.40. The molecule has 40 heavy (non-hydrogen) atoms. The minimum Gasteiger partial charge on any atom is -0.502 e. The van der Waals surface area contributed by atoms with Crippen molar-refractivity contribution in [3.8, 4) is 28.6 Å². The van der Waals surface area contributed by atoms with Crippen LogP contribution in [0.5, 0.6) is 5.75 Å². The van der Waals surface area contributed by atoms with Crippen molar-refractivity contribution in [3.63, 3.8) is 0 Å². The molecular weight excluding hydrogens is 512 g/mol. The van der Waals surface area contributed by atoms with Crippen LogP contribution in [0.2, 0.25) is 0 Å². The SMILES string of the molecule is [C-]#[N+]c1cc(-c2nc(-c3cccc4c3CCC[C@@H]4N(CC(=O)OC)C(=O)OC(C)(C)C)no2)ccc1OC(C)C. The molecule has 0 unspecified atom stereocenters. The Hall–Kier alpha value is -4.39. The van der Waals surface area contributed by atoms with Gasteiger partial charge in [0.1, 0.15) is 17.9 Å². The molecule has 3 aromatic rings. The highest BCUT2D eigenvalue weighted by Gasteiger charge is 2.35. The number of rotatable bonds is 7. The van der Waals surface area contributed by atoms with Crippen LogP contribution in [0.4, 0.5) is 10.5 Å². The minimum atomic E-state index is -0.724. The highest BCUT2D eigenvalue weighted by atomic mass is 16.6. The number of hydrogen-bond donors (Lipinski definition) is 0. The number of carbonyl (C=O) groups is 2. The topological polar surface area (TPSA) is 108 Å². The second-order valence-electron chi connectivity index (χ2n) is 10.8. The molecule has 1 atom stereocenters. The van der Waals surface area contributed by atoms with E-state index in [0.29, 0.717) is 29.2 Å². The molecule has 0 saturated carbocycles. The molecule has 1 aliphatic rings. The standard InChI is InChI=1S/C30H34N4O6/c1-18(2)38-25-15-14-19(16-23(25)31-6)28-32-27(33-40-28)22-12-8-11-21-20(22)10-9-13-24(21)34(17-26(35)37-7)29(36)39-30(3,4)5/h8,11-12,14-16,18,24H,9-10,13,17H2,1-5,7H3/t24-/m0/s1. The van der Waals surface area contributed by atoms with E-state index in [1.807, 2.05) is 32.0 Å². The molecule has 2 aromatic carbocycles. The minimum absolute atomic E-state index is 0.0618. The van der Waals surface area contributed by atoms with Gasteiger partial charge in [-0.25, -0.2) is 9.64 Å². The Kier molecular flexibility index (Phi) is 8.43. The molecule has 210 valence electrons. The number of esters is 1. The van der Waals surface area contributed by atoms with Crippen LogP contribution in [0, 0.1) is 6.57 Å². The molecule has 1 aliphatic carbocycles. The summed E-state index contributed by atoms with van der Waals surface area (Å²) in [7, 11) is 1.29. The Morgan fingerprint density at radius 1 is 1.23 bits per heavy atom. The first-order valence-electron chi connectivity index (χ1n) is 13.2. The maximum absolute atomic E-state index is 13.2. The fraction of sp³-hybridized carbons (Fsp3) is 0.433. The molecule has 0 spiro atoms. The molecule has 0 radical (unpaired) electrons. The van der Waals surface area contributed by atoms with E-state index in [2.05, 4.69) is 15.0 Å². The largest absolute Gasteiger partial charge is 0.502 e. The van der Waals surface area contributed by atoms with Crippen molar-refractivity contribution in [2.45, 2.75) is 71.6 Å². The first-order chi connectivity index (χ1) is 19.0. The summed E-state index contributed by atoms with van der Waals surface area (Å²) in [5.74, 6) is 0.650. The van der Waals surface area contributed by atoms with Crippen LogP contribution in [-0.2, 0) is 20.7 Å². The molecule has 0 N–H and O–H groups in total. The molecule has 1 aromatic heterocycles. The van der Waals surface area contributed by atoms with Crippen molar-refractivity contribution in [2.75, 3.05) is 13.7 Å². The third-order valence-electron chi connectivity index (χ3n) is 6.36.